The topological polar surface area (TPSA) is 56.7 Å². The lowest BCUT2D eigenvalue weighted by Crippen LogP contribution is -2.45. The fraction of sp³-hybridized carbons (Fsp3) is 0.714. The second-order valence-electron chi connectivity index (χ2n) is 3.28. The van der Waals surface area contributed by atoms with Crippen LogP contribution in [0.3, 0.4) is 0 Å². The molecule has 0 bridgehead atoms. The molecule has 11 heavy (non-hydrogen) atoms. The molecule has 2 rings (SSSR count). The van der Waals surface area contributed by atoms with E-state index in [1.807, 2.05) is 11.6 Å². The highest BCUT2D eigenvalue weighted by Crippen LogP contribution is 2.36. The average Bonchev–Trinajstić information content (AvgIpc) is 2.30. The number of aryl methyl sites for hydroxylation is 1. The first-order chi connectivity index (χ1) is 5.22. The second kappa shape index (κ2) is 2.04. The van der Waals surface area contributed by atoms with Crippen LogP contribution >= 0.6 is 0 Å². The maximum Gasteiger partial charge on any atom is 0.152 e. The van der Waals surface area contributed by atoms with E-state index in [1.54, 1.807) is 6.33 Å². The Kier molecular flexibility index (Phi) is 1.26. The largest absolute Gasteiger partial charge is 0.319 e. The number of aromatic nitrogens is 3. The Morgan fingerprint density at radius 2 is 2.36 bits per heavy atom. The molecule has 1 fully saturated rings. The summed E-state index contributed by atoms with van der Waals surface area (Å²) in [6.45, 7) is 0. The molecular formula is C7H12N4. The minimum atomic E-state index is -0.175. The van der Waals surface area contributed by atoms with E-state index in [-0.39, 0.29) is 5.54 Å². The van der Waals surface area contributed by atoms with Crippen molar-refractivity contribution in [2.24, 2.45) is 12.8 Å². The normalized spacial score (nSPS) is 21.3. The Hall–Kier alpha value is -0.900. The summed E-state index contributed by atoms with van der Waals surface area (Å²) in [7, 11) is 1.93. The van der Waals surface area contributed by atoms with Crippen LogP contribution in [-0.2, 0) is 12.6 Å². The van der Waals surface area contributed by atoms with Crippen molar-refractivity contribution in [3.8, 4) is 0 Å². The maximum atomic E-state index is 6.05. The lowest BCUT2D eigenvalue weighted by molar-refractivity contribution is 0.232. The van der Waals surface area contributed by atoms with Gasteiger partial charge in [0.1, 0.15) is 6.33 Å². The zero-order valence-corrected chi connectivity index (χ0v) is 6.62. The summed E-state index contributed by atoms with van der Waals surface area (Å²) >= 11 is 0. The van der Waals surface area contributed by atoms with Crippen LogP contribution in [0.1, 0.15) is 25.1 Å². The van der Waals surface area contributed by atoms with Crippen LogP contribution in [0.4, 0.5) is 0 Å². The standard InChI is InChI=1S/C7H12N4/c1-11-5-9-10-6(11)7(8)3-2-4-7/h5H,2-4,8H2,1H3. The summed E-state index contributed by atoms with van der Waals surface area (Å²) in [4.78, 5) is 0. The Balaban J connectivity index is 2.35. The quantitative estimate of drug-likeness (QED) is 0.623. The van der Waals surface area contributed by atoms with E-state index in [1.165, 1.54) is 6.42 Å². The van der Waals surface area contributed by atoms with Crippen molar-refractivity contribution in [3.05, 3.63) is 12.2 Å². The summed E-state index contributed by atoms with van der Waals surface area (Å²) in [5.74, 6) is 0.920. The molecule has 2 N–H and O–H groups in total. The van der Waals surface area contributed by atoms with Gasteiger partial charge in [-0.25, -0.2) is 0 Å². The van der Waals surface area contributed by atoms with Crippen LogP contribution in [0.5, 0.6) is 0 Å². The number of nitrogens with zero attached hydrogens (tertiary/aromatic N) is 3. The first kappa shape index (κ1) is 6.79. The van der Waals surface area contributed by atoms with Crippen molar-refractivity contribution in [3.63, 3.8) is 0 Å². The molecule has 1 aromatic rings. The van der Waals surface area contributed by atoms with Gasteiger partial charge in [-0.3, -0.25) is 0 Å². The van der Waals surface area contributed by atoms with Gasteiger partial charge in [0.05, 0.1) is 5.54 Å². The van der Waals surface area contributed by atoms with E-state index in [4.69, 9.17) is 5.73 Å². The van der Waals surface area contributed by atoms with E-state index in [0.717, 1.165) is 18.7 Å². The summed E-state index contributed by atoms with van der Waals surface area (Å²) in [6, 6.07) is 0. The molecule has 0 atom stereocenters. The molecule has 60 valence electrons. The van der Waals surface area contributed by atoms with Gasteiger partial charge in [0.25, 0.3) is 0 Å². The van der Waals surface area contributed by atoms with Gasteiger partial charge in [0.2, 0.25) is 0 Å². The van der Waals surface area contributed by atoms with Crippen LogP contribution in [0.25, 0.3) is 0 Å². The smallest absolute Gasteiger partial charge is 0.152 e. The third kappa shape index (κ3) is 0.860. The summed E-state index contributed by atoms with van der Waals surface area (Å²) in [5, 5.41) is 7.80. The minimum Gasteiger partial charge on any atom is -0.319 e. The van der Waals surface area contributed by atoms with Gasteiger partial charge in [-0.2, -0.15) is 0 Å². The van der Waals surface area contributed by atoms with E-state index in [9.17, 15) is 0 Å². The van der Waals surface area contributed by atoms with Crippen molar-refractivity contribution < 1.29 is 0 Å². The second-order valence-corrected chi connectivity index (χ2v) is 3.28. The third-order valence-electron chi connectivity index (χ3n) is 2.40. The molecule has 1 aliphatic rings. The van der Waals surface area contributed by atoms with E-state index < -0.39 is 0 Å². The maximum absolute atomic E-state index is 6.05. The Morgan fingerprint density at radius 3 is 2.73 bits per heavy atom. The predicted octanol–water partition coefficient (Wildman–Crippen LogP) is 0.153. The zero-order valence-electron chi connectivity index (χ0n) is 6.62. The first-order valence-electron chi connectivity index (χ1n) is 3.86. The van der Waals surface area contributed by atoms with Crippen molar-refractivity contribution >= 4 is 0 Å². The average molecular weight is 152 g/mol. The molecule has 0 spiro atoms. The van der Waals surface area contributed by atoms with Crippen molar-refractivity contribution in [1.29, 1.82) is 0 Å². The lowest BCUT2D eigenvalue weighted by atomic mass is 9.77. The lowest BCUT2D eigenvalue weighted by Gasteiger charge is -2.36. The Morgan fingerprint density at radius 1 is 1.64 bits per heavy atom. The highest BCUT2D eigenvalue weighted by Gasteiger charge is 2.38. The summed E-state index contributed by atoms with van der Waals surface area (Å²) in [6.07, 6.45) is 4.99. The first-order valence-corrected chi connectivity index (χ1v) is 3.86. The fourth-order valence-corrected chi connectivity index (χ4v) is 1.52. The molecule has 0 radical (unpaired) electrons. The molecule has 1 aromatic heterocycles. The van der Waals surface area contributed by atoms with Gasteiger partial charge >= 0.3 is 0 Å². The van der Waals surface area contributed by atoms with Gasteiger partial charge < -0.3 is 10.3 Å². The van der Waals surface area contributed by atoms with Crippen LogP contribution in [-0.4, -0.2) is 14.8 Å². The van der Waals surface area contributed by atoms with Crippen LogP contribution in [0.15, 0.2) is 6.33 Å². The van der Waals surface area contributed by atoms with Gasteiger partial charge in [-0.15, -0.1) is 10.2 Å². The Bertz CT molecular complexity index is 261. The minimum absolute atomic E-state index is 0.175. The number of rotatable bonds is 1. The molecule has 4 heteroatoms. The van der Waals surface area contributed by atoms with Gasteiger partial charge in [0, 0.05) is 7.05 Å². The molecule has 1 heterocycles. The van der Waals surface area contributed by atoms with Crippen LogP contribution < -0.4 is 5.73 Å². The highest BCUT2D eigenvalue weighted by atomic mass is 15.3. The van der Waals surface area contributed by atoms with Crippen molar-refractivity contribution in [2.45, 2.75) is 24.8 Å². The zero-order chi connectivity index (χ0) is 7.90. The molecule has 0 saturated heterocycles. The molecule has 0 amide bonds. The number of nitrogens with two attached hydrogens (primary N) is 1. The van der Waals surface area contributed by atoms with Crippen LogP contribution in [0.2, 0.25) is 0 Å². The van der Waals surface area contributed by atoms with Gasteiger partial charge in [-0.05, 0) is 19.3 Å². The van der Waals surface area contributed by atoms with E-state index >= 15 is 0 Å². The Labute approximate surface area is 65.4 Å². The summed E-state index contributed by atoms with van der Waals surface area (Å²) in [5.41, 5.74) is 5.87. The number of hydrogen-bond acceptors (Lipinski definition) is 3. The van der Waals surface area contributed by atoms with Gasteiger partial charge in [0.15, 0.2) is 5.82 Å². The van der Waals surface area contributed by atoms with Crippen LogP contribution in [0, 0.1) is 0 Å². The van der Waals surface area contributed by atoms with Crippen molar-refractivity contribution in [2.75, 3.05) is 0 Å². The number of hydrogen-bond donors (Lipinski definition) is 1. The molecule has 1 saturated carbocycles. The SMILES string of the molecule is Cn1cnnc1C1(N)CCC1. The van der Waals surface area contributed by atoms with E-state index in [0.29, 0.717) is 0 Å². The monoisotopic (exact) mass is 152 g/mol. The molecule has 1 aliphatic carbocycles. The molecule has 0 unspecified atom stereocenters. The molecule has 0 aliphatic heterocycles. The third-order valence-corrected chi connectivity index (χ3v) is 2.40. The predicted molar refractivity (Wildman–Crippen MR) is 40.7 cm³/mol. The van der Waals surface area contributed by atoms with Gasteiger partial charge in [-0.1, -0.05) is 0 Å². The summed E-state index contributed by atoms with van der Waals surface area (Å²) < 4.78 is 1.90. The van der Waals surface area contributed by atoms with E-state index in [2.05, 4.69) is 10.2 Å². The highest BCUT2D eigenvalue weighted by molar-refractivity contribution is 5.09. The van der Waals surface area contributed by atoms with Crippen molar-refractivity contribution in [1.82, 2.24) is 14.8 Å². The molecule has 4 nitrogen and oxygen atoms in total. The molecule has 0 aromatic carbocycles. The molecular weight excluding hydrogens is 140 g/mol. The fourth-order valence-electron chi connectivity index (χ4n) is 1.52.